The first kappa shape index (κ1) is 71.5. The summed E-state index contributed by atoms with van der Waals surface area (Å²) < 4.78 is 30.6. The van der Waals surface area contributed by atoms with Crippen molar-refractivity contribution in [3.63, 3.8) is 0 Å². The van der Waals surface area contributed by atoms with Gasteiger partial charge in [-0.3, -0.25) is 14.4 Å². The Kier molecular flexibility index (Phi) is 19.4. The zero-order valence-electron chi connectivity index (χ0n) is 61.8. The van der Waals surface area contributed by atoms with E-state index in [0.29, 0.717) is 45.6 Å². The van der Waals surface area contributed by atoms with Crippen molar-refractivity contribution in [3.05, 3.63) is 73.6 Å². The fourth-order valence-corrected chi connectivity index (χ4v) is 29.0. The standard InChI is InChI=1S/C22H34O2.C22H32O2.C21H30O3.C20H30O.C2H4.CH4/c1-15-6-9-20(2)16(14-15)4-5-17-18(20)7-10-21(3)19(17)8-11-22(21)23-12-13-24-22;1-14-9-11-21(3)16(13-14)5-6-17-18-7-8-20(24-15(2)23)22(18,4)12-10-19(17)21;1-19-8-5-15(22)13-14(19)3-4-16-17(19)6-9-20(2)18(16)7-10-21(20)23-11-12-24-21;1-13-8-10-19(2)14(12-13)4-5-15-16-6-7-18(21)20(16,3)11-9-17(15)19;1-2;/h6,9,15-19H,4-5,7-8,10-14H2,1-3H3;8-9,11,14,16-19H,5-7,10,12-13H2,1-4H3;5,8,14,16-18H,3-4,6-7,9-13H2,1-2H3;8,10,13-17H,4-7,9,11-12H2,1-3H3;1-2H2;1H4/t15?,16?,17?,18?,19?,20-,21-;14?,16?,17?,18?,19?,21-,22-;14?,16?,17?,18?,19-,20-;13?,14?,15?,16?,17?,19-,20-;;/m0000../s1. The Morgan fingerprint density at radius 2 is 0.823 bits per heavy atom. The molecular formula is C88H134O8. The molecule has 18 rings (SSSR count). The molecule has 16 aliphatic carbocycles. The van der Waals surface area contributed by atoms with Crippen LogP contribution >= 0.6 is 0 Å². The molecule has 0 radical (unpaired) electrons. The van der Waals surface area contributed by atoms with E-state index in [9.17, 15) is 14.4 Å². The van der Waals surface area contributed by atoms with Crippen molar-refractivity contribution in [2.75, 3.05) is 26.4 Å². The maximum atomic E-state index is 12.4. The summed E-state index contributed by atoms with van der Waals surface area (Å²) >= 11 is 0. The van der Waals surface area contributed by atoms with Crippen molar-refractivity contribution >= 4 is 17.5 Å². The van der Waals surface area contributed by atoms with Gasteiger partial charge in [-0.05, 0) is 294 Å². The predicted molar refractivity (Wildman–Crippen MR) is 387 cm³/mol. The van der Waals surface area contributed by atoms with E-state index in [2.05, 4.69) is 138 Å². The van der Waals surface area contributed by atoms with Crippen LogP contribution in [0.2, 0.25) is 0 Å². The van der Waals surface area contributed by atoms with Crippen LogP contribution in [-0.4, -0.2) is 55.5 Å². The largest absolute Gasteiger partial charge is 0.431 e. The van der Waals surface area contributed by atoms with E-state index in [1.165, 1.54) is 142 Å². The predicted octanol–water partition coefficient (Wildman–Crippen LogP) is 21.2. The molecule has 8 heteroatoms. The quantitative estimate of drug-likeness (QED) is 0.189. The highest BCUT2D eigenvalue weighted by Gasteiger charge is 2.70. The van der Waals surface area contributed by atoms with Gasteiger partial charge in [0.05, 0.1) is 26.4 Å². The monoisotopic (exact) mass is 1320 g/mol. The highest BCUT2D eigenvalue weighted by atomic mass is 16.7. The number of fused-ring (bicyclic) bond motifs is 22. The number of hydrogen-bond acceptors (Lipinski definition) is 8. The fraction of sp³-hybridized carbons (Fsp3) is 0.830. The van der Waals surface area contributed by atoms with Crippen LogP contribution in [0, 0.1) is 156 Å². The lowest BCUT2D eigenvalue weighted by Gasteiger charge is -2.60. The van der Waals surface area contributed by atoms with E-state index < -0.39 is 0 Å². The van der Waals surface area contributed by atoms with E-state index in [-0.39, 0.29) is 52.0 Å². The van der Waals surface area contributed by atoms with Crippen LogP contribution in [0.15, 0.2) is 73.6 Å². The summed E-state index contributed by atoms with van der Waals surface area (Å²) in [6, 6.07) is 0. The van der Waals surface area contributed by atoms with Gasteiger partial charge in [0.25, 0.3) is 0 Å². The van der Waals surface area contributed by atoms with Crippen LogP contribution < -0.4 is 0 Å². The second-order valence-corrected chi connectivity index (χ2v) is 37.9. The van der Waals surface area contributed by atoms with Gasteiger partial charge in [0.15, 0.2) is 17.4 Å². The molecule has 19 unspecified atom stereocenters. The van der Waals surface area contributed by atoms with Gasteiger partial charge in [-0.2, -0.15) is 0 Å². The molecule has 96 heavy (non-hydrogen) atoms. The zero-order valence-corrected chi connectivity index (χ0v) is 61.8. The number of ketones is 2. The molecule has 534 valence electrons. The number of hydrogen-bond donors (Lipinski definition) is 0. The van der Waals surface area contributed by atoms with Gasteiger partial charge in [0.1, 0.15) is 11.5 Å². The molecule has 0 N–H and O–H groups in total. The van der Waals surface area contributed by atoms with Gasteiger partial charge in [-0.25, -0.2) is 0 Å². The molecule has 8 nitrogen and oxygen atoms in total. The molecule has 13 fully saturated rings. The van der Waals surface area contributed by atoms with Crippen molar-refractivity contribution in [1.29, 1.82) is 0 Å². The molecule has 0 aromatic heterocycles. The second kappa shape index (κ2) is 26.1. The highest BCUT2D eigenvalue weighted by Crippen LogP contribution is 2.73. The average molecular weight is 1320 g/mol. The number of Topliss-reactive ketones (excluding diaryl/α,β-unsaturated/α-hetero) is 1. The van der Waals surface area contributed by atoms with Crippen molar-refractivity contribution in [1.82, 2.24) is 0 Å². The molecule has 11 saturated carbocycles. The van der Waals surface area contributed by atoms with Gasteiger partial charge in [-0.15, -0.1) is 13.2 Å². The van der Waals surface area contributed by atoms with Crippen molar-refractivity contribution in [2.45, 2.75) is 275 Å². The third kappa shape index (κ3) is 11.0. The summed E-state index contributed by atoms with van der Waals surface area (Å²) in [5.41, 5.74) is 2.04. The molecule has 0 aromatic carbocycles. The Balaban J connectivity index is 0.000000114. The second-order valence-electron chi connectivity index (χ2n) is 37.9. The molecule has 0 amide bonds. The fourth-order valence-electron chi connectivity index (χ4n) is 29.0. The van der Waals surface area contributed by atoms with Crippen molar-refractivity contribution in [3.8, 4) is 0 Å². The molecule has 0 aromatic rings. The normalized spacial score (nSPS) is 51.5. The molecule has 18 aliphatic rings. The molecule has 2 spiro atoms. The number of rotatable bonds is 1. The van der Waals surface area contributed by atoms with Gasteiger partial charge in [0, 0.05) is 54.3 Å². The lowest BCUT2D eigenvalue weighted by Crippen LogP contribution is -2.56. The van der Waals surface area contributed by atoms with Gasteiger partial charge in [0.2, 0.25) is 0 Å². The summed E-state index contributed by atoms with van der Waals surface area (Å²) in [7, 11) is 0. The smallest absolute Gasteiger partial charge is 0.307 e. The maximum absolute atomic E-state index is 12.4. The van der Waals surface area contributed by atoms with E-state index >= 15 is 0 Å². The number of allylic oxidation sites excluding steroid dienone is 10. The maximum Gasteiger partial charge on any atom is 0.307 e. The SMILES string of the molecule is C.C=C.CC(=O)OC1=CCC2C3CCC4CC(C)C=C[C@]4(C)C3CC[C@]12C.CC1C=C[C@@]2(C)C(CCC3C2CC[C@@]2(C)C3CCC23OCCO3)C1.CC1C=C[C@@]2(C)C(CCC3C2CC[C@]2(C)C(=O)CCC32)C1.C[C@]12C=CC(=O)CC1CCC1C2CC[C@@]2(C)C1CCC21OCCO1. The summed E-state index contributed by atoms with van der Waals surface area (Å²) in [4.78, 5) is 35.8. The summed E-state index contributed by atoms with van der Waals surface area (Å²) in [6.07, 6.45) is 55.5. The zero-order chi connectivity index (χ0) is 67.1. The first-order valence-electron chi connectivity index (χ1n) is 40.0. The van der Waals surface area contributed by atoms with Crippen LogP contribution in [0.25, 0.3) is 0 Å². The van der Waals surface area contributed by atoms with E-state index in [0.717, 1.165) is 165 Å². The molecule has 0 bridgehead atoms. The summed E-state index contributed by atoms with van der Waals surface area (Å²) in [5, 5.41) is 0. The van der Waals surface area contributed by atoms with Crippen LogP contribution in [-0.2, 0) is 38.1 Å². The average Bonchev–Trinajstić information content (AvgIpc) is 1.30. The summed E-state index contributed by atoms with van der Waals surface area (Å²) in [6.45, 7) is 37.5. The van der Waals surface area contributed by atoms with Gasteiger partial charge >= 0.3 is 5.97 Å². The number of carbonyl (C=O) groups excluding carboxylic acids is 3. The van der Waals surface area contributed by atoms with Crippen LogP contribution in [0.1, 0.15) is 264 Å². The summed E-state index contributed by atoms with van der Waals surface area (Å²) in [5.74, 6) is 16.1. The molecule has 2 heterocycles. The lowest BCUT2D eigenvalue weighted by molar-refractivity contribution is -0.245. The van der Waals surface area contributed by atoms with E-state index in [1.807, 2.05) is 6.08 Å². The Morgan fingerprint density at radius 3 is 1.26 bits per heavy atom. The molecule has 27 atom stereocenters. The Labute approximate surface area is 583 Å². The minimum absolute atomic E-state index is 0. The van der Waals surface area contributed by atoms with E-state index in [4.69, 9.17) is 23.7 Å². The number of ether oxygens (including phenoxy) is 5. The molecular weight excluding hydrogens is 1180 g/mol. The lowest BCUT2D eigenvalue weighted by atomic mass is 9.46. The minimum atomic E-state index is -0.293. The van der Waals surface area contributed by atoms with Gasteiger partial charge in [-0.1, -0.05) is 126 Å². The Morgan fingerprint density at radius 1 is 0.448 bits per heavy atom. The van der Waals surface area contributed by atoms with Gasteiger partial charge < -0.3 is 23.7 Å². The first-order valence-corrected chi connectivity index (χ1v) is 40.0. The highest BCUT2D eigenvalue weighted by molar-refractivity contribution is 5.91. The third-order valence-corrected chi connectivity index (χ3v) is 34.3. The van der Waals surface area contributed by atoms with Crippen LogP contribution in [0.3, 0.4) is 0 Å². The molecule has 2 saturated heterocycles. The Bertz CT molecular complexity index is 3050. The minimum Gasteiger partial charge on any atom is -0.431 e. The topological polar surface area (TPSA) is 97.4 Å². The van der Waals surface area contributed by atoms with Crippen molar-refractivity contribution in [2.24, 2.45) is 156 Å². The Hall–Kier alpha value is -2.91. The van der Waals surface area contributed by atoms with Crippen molar-refractivity contribution < 1.29 is 38.1 Å². The third-order valence-electron chi connectivity index (χ3n) is 34.3. The number of carbonyl (C=O) groups is 3. The van der Waals surface area contributed by atoms with Crippen LogP contribution in [0.4, 0.5) is 0 Å². The van der Waals surface area contributed by atoms with Crippen LogP contribution in [0.5, 0.6) is 0 Å². The first-order chi connectivity index (χ1) is 45.3. The molecule has 2 aliphatic heterocycles. The number of esters is 1. The van der Waals surface area contributed by atoms with E-state index in [1.54, 1.807) is 0 Å².